The van der Waals surface area contributed by atoms with E-state index in [1.807, 2.05) is 25.1 Å². The monoisotopic (exact) mass is 286 g/mol. The summed E-state index contributed by atoms with van der Waals surface area (Å²) in [7, 11) is 1.67. The van der Waals surface area contributed by atoms with Gasteiger partial charge in [-0.1, -0.05) is 12.1 Å². The molecule has 1 atom stereocenters. The van der Waals surface area contributed by atoms with Crippen molar-refractivity contribution in [2.24, 2.45) is 0 Å². The predicted molar refractivity (Wildman–Crippen MR) is 73.5 cm³/mol. The summed E-state index contributed by atoms with van der Waals surface area (Å²) >= 11 is 0. The van der Waals surface area contributed by atoms with E-state index >= 15 is 0 Å². The summed E-state index contributed by atoms with van der Waals surface area (Å²) in [6.07, 6.45) is -2.43. The number of rotatable bonds is 7. The molecule has 112 valence electrons. The van der Waals surface area contributed by atoms with Gasteiger partial charge < -0.3 is 15.4 Å². The van der Waals surface area contributed by atoms with E-state index in [9.17, 15) is 13.6 Å². The number of nitrogens with zero attached hydrogens (tertiary/aromatic N) is 1. The quantitative estimate of drug-likeness (QED) is 0.619. The molecule has 6 heteroatoms. The molecule has 0 aliphatic carbocycles. The van der Waals surface area contributed by atoms with Gasteiger partial charge >= 0.3 is 0 Å². The minimum Gasteiger partial charge on any atom is -0.399 e. The molecule has 0 saturated carbocycles. The van der Waals surface area contributed by atoms with Crippen LogP contribution in [-0.2, 0) is 9.53 Å². The Kier molecular flexibility index (Phi) is 6.38. The molecule has 20 heavy (non-hydrogen) atoms. The molecule has 1 unspecified atom stereocenters. The van der Waals surface area contributed by atoms with Crippen LogP contribution in [0.2, 0.25) is 0 Å². The van der Waals surface area contributed by atoms with Gasteiger partial charge in [0.2, 0.25) is 5.91 Å². The van der Waals surface area contributed by atoms with Crippen LogP contribution in [0, 0.1) is 0 Å². The second kappa shape index (κ2) is 7.79. The number of carbonyl (C=O) groups excluding carboxylic acids is 1. The number of nitrogen functional groups attached to an aromatic ring is 1. The number of carbonyl (C=O) groups is 1. The molecule has 0 aromatic heterocycles. The van der Waals surface area contributed by atoms with E-state index in [0.29, 0.717) is 5.69 Å². The molecule has 0 radical (unpaired) electrons. The third kappa shape index (κ3) is 5.13. The number of hydrogen-bond acceptors (Lipinski definition) is 3. The average molecular weight is 286 g/mol. The molecule has 0 spiro atoms. The van der Waals surface area contributed by atoms with Crippen molar-refractivity contribution in [1.82, 2.24) is 4.90 Å². The summed E-state index contributed by atoms with van der Waals surface area (Å²) in [5, 5.41) is 0. The molecule has 0 bridgehead atoms. The summed E-state index contributed by atoms with van der Waals surface area (Å²) in [6, 6.07) is 7.16. The molecule has 0 aliphatic rings. The van der Waals surface area contributed by atoms with Gasteiger partial charge in [-0.25, -0.2) is 8.78 Å². The van der Waals surface area contributed by atoms with Crippen LogP contribution in [0.15, 0.2) is 24.3 Å². The number of ether oxygens (including phenoxy) is 1. The fourth-order valence-corrected chi connectivity index (χ4v) is 1.77. The summed E-state index contributed by atoms with van der Waals surface area (Å²) in [4.78, 5) is 13.5. The van der Waals surface area contributed by atoms with Crippen molar-refractivity contribution in [3.8, 4) is 0 Å². The lowest BCUT2D eigenvalue weighted by Crippen LogP contribution is -2.30. The van der Waals surface area contributed by atoms with Crippen LogP contribution in [0.4, 0.5) is 14.5 Å². The molecule has 1 aromatic carbocycles. The first kappa shape index (κ1) is 16.4. The van der Waals surface area contributed by atoms with Crippen LogP contribution in [0.25, 0.3) is 0 Å². The average Bonchev–Trinajstić information content (AvgIpc) is 2.41. The number of alkyl halides is 2. The molecule has 0 saturated heterocycles. The Bertz CT molecular complexity index is 441. The Morgan fingerprint density at radius 1 is 1.45 bits per heavy atom. The zero-order chi connectivity index (χ0) is 15.1. The van der Waals surface area contributed by atoms with Crippen molar-refractivity contribution in [3.05, 3.63) is 29.8 Å². The van der Waals surface area contributed by atoms with Gasteiger partial charge in [0.1, 0.15) is 6.61 Å². The summed E-state index contributed by atoms with van der Waals surface area (Å²) in [6.45, 7) is 1.24. The highest BCUT2D eigenvalue weighted by Gasteiger charge is 2.17. The second-order valence-corrected chi connectivity index (χ2v) is 4.57. The largest absolute Gasteiger partial charge is 0.399 e. The molecule has 4 nitrogen and oxygen atoms in total. The number of amides is 1. The van der Waals surface area contributed by atoms with Gasteiger partial charge in [0.25, 0.3) is 6.43 Å². The van der Waals surface area contributed by atoms with Gasteiger partial charge in [-0.05, 0) is 24.6 Å². The maximum Gasteiger partial charge on any atom is 0.261 e. The maximum absolute atomic E-state index is 11.9. The summed E-state index contributed by atoms with van der Waals surface area (Å²) in [5.74, 6) is -0.158. The van der Waals surface area contributed by atoms with E-state index in [4.69, 9.17) is 10.5 Å². The molecule has 0 aliphatic heterocycles. The lowest BCUT2D eigenvalue weighted by Gasteiger charge is -2.25. The predicted octanol–water partition coefficient (Wildman–Crippen LogP) is 2.46. The van der Waals surface area contributed by atoms with Gasteiger partial charge in [-0.3, -0.25) is 4.79 Å². The van der Waals surface area contributed by atoms with Crippen LogP contribution >= 0.6 is 0 Å². The Morgan fingerprint density at radius 3 is 2.75 bits per heavy atom. The molecular weight excluding hydrogens is 266 g/mol. The number of anilines is 1. The van der Waals surface area contributed by atoms with Crippen LogP contribution < -0.4 is 5.73 Å². The fourth-order valence-electron chi connectivity index (χ4n) is 1.77. The molecule has 1 aromatic rings. The van der Waals surface area contributed by atoms with Crippen molar-refractivity contribution >= 4 is 11.6 Å². The van der Waals surface area contributed by atoms with E-state index in [1.54, 1.807) is 18.0 Å². The highest BCUT2D eigenvalue weighted by molar-refractivity contribution is 5.76. The molecular formula is C14H20F2N2O2. The standard InChI is InChI=1S/C14H20F2N2O2/c1-10(11-4-3-5-12(17)8-11)18(2)14(19)6-7-20-9-13(15)16/h3-5,8,10,13H,6-7,9,17H2,1-2H3. The van der Waals surface area contributed by atoms with E-state index < -0.39 is 13.0 Å². The highest BCUT2D eigenvalue weighted by Crippen LogP contribution is 2.21. The third-order valence-electron chi connectivity index (χ3n) is 3.07. The Labute approximate surface area is 117 Å². The Hall–Kier alpha value is -1.69. The topological polar surface area (TPSA) is 55.6 Å². The molecule has 2 N–H and O–H groups in total. The smallest absolute Gasteiger partial charge is 0.261 e. The van der Waals surface area contributed by atoms with Gasteiger partial charge in [0.05, 0.1) is 19.1 Å². The second-order valence-electron chi connectivity index (χ2n) is 4.57. The van der Waals surface area contributed by atoms with Crippen LogP contribution in [0.5, 0.6) is 0 Å². The first-order valence-electron chi connectivity index (χ1n) is 6.38. The lowest BCUT2D eigenvalue weighted by molar-refractivity contribution is -0.133. The fraction of sp³-hybridized carbons (Fsp3) is 0.500. The number of nitrogens with two attached hydrogens (primary N) is 1. The molecule has 1 amide bonds. The lowest BCUT2D eigenvalue weighted by atomic mass is 10.1. The summed E-state index contributed by atoms with van der Waals surface area (Å²) in [5.41, 5.74) is 7.26. The molecule has 0 fully saturated rings. The minimum absolute atomic E-state index is 0.00282. The van der Waals surface area contributed by atoms with E-state index in [-0.39, 0.29) is 25.0 Å². The maximum atomic E-state index is 11.9. The van der Waals surface area contributed by atoms with Crippen molar-refractivity contribution in [2.45, 2.75) is 25.8 Å². The van der Waals surface area contributed by atoms with Gasteiger partial charge in [-0.2, -0.15) is 0 Å². The SMILES string of the molecule is CC(c1cccc(N)c1)N(C)C(=O)CCOCC(F)F. The van der Waals surface area contributed by atoms with E-state index in [0.717, 1.165) is 5.56 Å². The van der Waals surface area contributed by atoms with E-state index in [1.165, 1.54) is 0 Å². The number of benzene rings is 1. The van der Waals surface area contributed by atoms with Gasteiger partial charge in [0, 0.05) is 12.7 Å². The Balaban J connectivity index is 2.47. The Morgan fingerprint density at radius 2 is 2.15 bits per heavy atom. The van der Waals surface area contributed by atoms with Crippen molar-refractivity contribution < 1.29 is 18.3 Å². The summed E-state index contributed by atoms with van der Waals surface area (Å²) < 4.78 is 28.4. The first-order valence-corrected chi connectivity index (χ1v) is 6.38. The zero-order valence-corrected chi connectivity index (χ0v) is 11.7. The molecule has 1 rings (SSSR count). The van der Waals surface area contributed by atoms with E-state index in [2.05, 4.69) is 0 Å². The van der Waals surface area contributed by atoms with Crippen molar-refractivity contribution in [2.75, 3.05) is 26.0 Å². The highest BCUT2D eigenvalue weighted by atomic mass is 19.3. The van der Waals surface area contributed by atoms with Crippen molar-refractivity contribution in [3.63, 3.8) is 0 Å². The number of halogens is 2. The third-order valence-corrected chi connectivity index (χ3v) is 3.07. The first-order chi connectivity index (χ1) is 9.41. The van der Waals surface area contributed by atoms with Crippen LogP contribution in [-0.4, -0.2) is 37.5 Å². The normalized spacial score (nSPS) is 12.4. The van der Waals surface area contributed by atoms with Gasteiger partial charge in [-0.15, -0.1) is 0 Å². The van der Waals surface area contributed by atoms with Crippen molar-refractivity contribution in [1.29, 1.82) is 0 Å². The van der Waals surface area contributed by atoms with Gasteiger partial charge in [0.15, 0.2) is 0 Å². The number of hydrogen-bond donors (Lipinski definition) is 1. The van der Waals surface area contributed by atoms with Crippen LogP contribution in [0.3, 0.4) is 0 Å². The zero-order valence-electron chi connectivity index (χ0n) is 11.7. The van der Waals surface area contributed by atoms with Crippen LogP contribution in [0.1, 0.15) is 24.9 Å². The minimum atomic E-state index is -2.51. The molecule has 0 heterocycles.